The number of ether oxygens (including phenoxy) is 2. The van der Waals surface area contributed by atoms with E-state index < -0.39 is 0 Å². The van der Waals surface area contributed by atoms with Gasteiger partial charge in [-0.1, -0.05) is 6.92 Å². The van der Waals surface area contributed by atoms with Crippen molar-refractivity contribution < 1.29 is 19.1 Å². The van der Waals surface area contributed by atoms with Crippen LogP contribution < -0.4 is 0 Å². The van der Waals surface area contributed by atoms with Crippen molar-refractivity contribution in [1.82, 2.24) is 4.90 Å². The first-order valence-corrected chi connectivity index (χ1v) is 7.14. The quantitative estimate of drug-likeness (QED) is 0.409. The van der Waals surface area contributed by atoms with E-state index in [1.807, 2.05) is 6.92 Å². The SMILES string of the molecule is CCC(=O)N1CC(OC=NC=C(C)OC)CC1CC(C)=O. The predicted octanol–water partition coefficient (Wildman–Crippen LogP) is 1.90. The molecule has 1 saturated heterocycles. The lowest BCUT2D eigenvalue weighted by Crippen LogP contribution is -2.36. The number of nitrogens with zero attached hydrogens (tertiary/aromatic N) is 2. The summed E-state index contributed by atoms with van der Waals surface area (Å²) in [6, 6.07) is -0.0652. The minimum absolute atomic E-state index is 0.0550. The molecule has 21 heavy (non-hydrogen) atoms. The van der Waals surface area contributed by atoms with Crippen molar-refractivity contribution in [2.24, 2.45) is 4.99 Å². The second kappa shape index (κ2) is 8.44. The number of allylic oxidation sites excluding steroid dienone is 1. The van der Waals surface area contributed by atoms with Gasteiger partial charge in [-0.25, -0.2) is 4.99 Å². The molecule has 0 N–H and O–H groups in total. The molecule has 1 rings (SSSR count). The van der Waals surface area contributed by atoms with E-state index in [9.17, 15) is 9.59 Å². The molecule has 1 amide bonds. The molecule has 0 bridgehead atoms. The van der Waals surface area contributed by atoms with Gasteiger partial charge in [0.15, 0.2) is 6.40 Å². The van der Waals surface area contributed by atoms with Gasteiger partial charge in [0.1, 0.15) is 17.6 Å². The van der Waals surface area contributed by atoms with Gasteiger partial charge >= 0.3 is 0 Å². The normalized spacial score (nSPS) is 22.7. The zero-order valence-corrected chi connectivity index (χ0v) is 13.2. The summed E-state index contributed by atoms with van der Waals surface area (Å²) < 4.78 is 10.5. The number of ketones is 1. The van der Waals surface area contributed by atoms with Crippen LogP contribution in [0.4, 0.5) is 0 Å². The molecule has 0 saturated carbocycles. The Morgan fingerprint density at radius 3 is 2.67 bits per heavy atom. The number of Topliss-reactive ketones (excluding diaryl/α,β-unsaturated/α-hetero) is 1. The predicted molar refractivity (Wildman–Crippen MR) is 79.8 cm³/mol. The first-order valence-electron chi connectivity index (χ1n) is 7.14. The van der Waals surface area contributed by atoms with Crippen molar-refractivity contribution in [2.75, 3.05) is 13.7 Å². The van der Waals surface area contributed by atoms with Crippen molar-refractivity contribution in [2.45, 2.75) is 52.2 Å². The van der Waals surface area contributed by atoms with E-state index in [0.717, 1.165) is 0 Å². The lowest BCUT2D eigenvalue weighted by atomic mass is 10.1. The third-order valence-electron chi connectivity index (χ3n) is 3.41. The van der Waals surface area contributed by atoms with Gasteiger partial charge < -0.3 is 14.4 Å². The molecule has 6 nitrogen and oxygen atoms in total. The molecular weight excluding hydrogens is 272 g/mol. The number of carbonyl (C=O) groups is 2. The smallest absolute Gasteiger partial charge is 0.222 e. The number of methoxy groups -OCH3 is 1. The highest BCUT2D eigenvalue weighted by atomic mass is 16.5. The van der Waals surface area contributed by atoms with E-state index in [1.54, 1.807) is 32.1 Å². The van der Waals surface area contributed by atoms with Crippen LogP contribution in [0.15, 0.2) is 17.0 Å². The average Bonchev–Trinajstić information content (AvgIpc) is 2.84. The third-order valence-corrected chi connectivity index (χ3v) is 3.41. The zero-order valence-electron chi connectivity index (χ0n) is 13.2. The summed E-state index contributed by atoms with van der Waals surface area (Å²) >= 11 is 0. The van der Waals surface area contributed by atoms with Crippen LogP contribution in [-0.2, 0) is 19.1 Å². The summed E-state index contributed by atoms with van der Waals surface area (Å²) in [5, 5.41) is 0. The molecule has 1 aliphatic rings. The standard InChI is InChI=1S/C15H24N2O4/c1-5-15(19)17-9-14(7-13(17)6-11(2)18)21-10-16-8-12(3)20-4/h8,10,13-14H,5-7,9H2,1-4H3. The minimum Gasteiger partial charge on any atom is -0.500 e. The van der Waals surface area contributed by atoms with Crippen LogP contribution in [0.25, 0.3) is 0 Å². The Morgan fingerprint density at radius 2 is 2.10 bits per heavy atom. The first kappa shape index (κ1) is 17.2. The Kier molecular flexibility index (Phi) is 6.91. The van der Waals surface area contributed by atoms with Gasteiger partial charge in [-0.15, -0.1) is 0 Å². The Balaban J connectivity index is 2.58. The van der Waals surface area contributed by atoms with E-state index in [1.165, 1.54) is 6.40 Å². The van der Waals surface area contributed by atoms with E-state index in [-0.39, 0.29) is 23.8 Å². The second-order valence-corrected chi connectivity index (χ2v) is 5.15. The Labute approximate surface area is 125 Å². The van der Waals surface area contributed by atoms with E-state index in [2.05, 4.69) is 4.99 Å². The van der Waals surface area contributed by atoms with Gasteiger partial charge in [-0.3, -0.25) is 9.59 Å². The van der Waals surface area contributed by atoms with Crippen molar-refractivity contribution in [3.05, 3.63) is 12.0 Å². The van der Waals surface area contributed by atoms with E-state index in [0.29, 0.717) is 31.6 Å². The summed E-state index contributed by atoms with van der Waals surface area (Å²) in [6.45, 7) is 5.66. The summed E-state index contributed by atoms with van der Waals surface area (Å²) in [5.41, 5.74) is 0. The molecule has 1 aliphatic heterocycles. The second-order valence-electron chi connectivity index (χ2n) is 5.15. The van der Waals surface area contributed by atoms with Gasteiger partial charge in [0.25, 0.3) is 0 Å². The Morgan fingerprint density at radius 1 is 1.38 bits per heavy atom. The number of carbonyl (C=O) groups excluding carboxylic acids is 2. The van der Waals surface area contributed by atoms with Gasteiger partial charge in [-0.05, 0) is 13.8 Å². The fourth-order valence-corrected chi connectivity index (χ4v) is 2.32. The number of likely N-dealkylation sites (tertiary alicyclic amines) is 1. The first-order chi connectivity index (χ1) is 9.97. The maximum absolute atomic E-state index is 11.9. The summed E-state index contributed by atoms with van der Waals surface area (Å²) in [7, 11) is 1.57. The lowest BCUT2D eigenvalue weighted by molar-refractivity contribution is -0.132. The molecule has 1 heterocycles. The third kappa shape index (κ3) is 5.57. The van der Waals surface area contributed by atoms with Crippen LogP contribution in [0, 0.1) is 0 Å². The van der Waals surface area contributed by atoms with Gasteiger partial charge in [0.05, 0.1) is 19.9 Å². The average molecular weight is 296 g/mol. The molecule has 0 radical (unpaired) electrons. The molecule has 6 heteroatoms. The molecule has 2 unspecified atom stereocenters. The van der Waals surface area contributed by atoms with Crippen LogP contribution >= 0.6 is 0 Å². The highest BCUT2D eigenvalue weighted by Gasteiger charge is 2.35. The molecule has 1 fully saturated rings. The maximum Gasteiger partial charge on any atom is 0.222 e. The Bertz CT molecular complexity index is 431. The molecular formula is C15H24N2O4. The Hall–Kier alpha value is -1.85. The van der Waals surface area contributed by atoms with Crippen LogP contribution in [0.5, 0.6) is 0 Å². The van der Waals surface area contributed by atoms with Crippen molar-refractivity contribution >= 4 is 18.1 Å². The highest BCUT2D eigenvalue weighted by molar-refractivity contribution is 5.80. The molecule has 0 aromatic heterocycles. The zero-order chi connectivity index (χ0) is 15.8. The minimum atomic E-state index is -0.121. The van der Waals surface area contributed by atoms with Gasteiger partial charge in [0, 0.05) is 25.3 Å². The lowest BCUT2D eigenvalue weighted by Gasteiger charge is -2.22. The van der Waals surface area contributed by atoms with Crippen LogP contribution in [0.3, 0.4) is 0 Å². The van der Waals surface area contributed by atoms with Crippen LogP contribution in [-0.4, -0.2) is 48.8 Å². The van der Waals surface area contributed by atoms with Crippen molar-refractivity contribution in [3.63, 3.8) is 0 Å². The van der Waals surface area contributed by atoms with E-state index in [4.69, 9.17) is 9.47 Å². The molecule has 118 valence electrons. The largest absolute Gasteiger partial charge is 0.500 e. The topological polar surface area (TPSA) is 68.2 Å². The summed E-state index contributed by atoms with van der Waals surface area (Å²) in [6.07, 6.45) is 4.26. The highest BCUT2D eigenvalue weighted by Crippen LogP contribution is 2.23. The number of rotatable bonds is 7. The van der Waals surface area contributed by atoms with E-state index >= 15 is 0 Å². The number of aliphatic imine (C=N–C) groups is 1. The molecule has 0 aromatic rings. The monoisotopic (exact) mass is 296 g/mol. The fourth-order valence-electron chi connectivity index (χ4n) is 2.32. The molecule has 0 aliphatic carbocycles. The maximum atomic E-state index is 11.9. The van der Waals surface area contributed by atoms with Crippen LogP contribution in [0.2, 0.25) is 0 Å². The molecule has 0 spiro atoms. The number of amides is 1. The fraction of sp³-hybridized carbons (Fsp3) is 0.667. The van der Waals surface area contributed by atoms with Crippen LogP contribution in [0.1, 0.15) is 40.0 Å². The molecule has 2 atom stereocenters. The summed E-state index contributed by atoms with van der Waals surface area (Å²) in [5.74, 6) is 0.819. The van der Waals surface area contributed by atoms with Gasteiger partial charge in [-0.2, -0.15) is 0 Å². The molecule has 0 aromatic carbocycles. The van der Waals surface area contributed by atoms with Gasteiger partial charge in [0.2, 0.25) is 5.91 Å². The van der Waals surface area contributed by atoms with Crippen molar-refractivity contribution in [3.8, 4) is 0 Å². The van der Waals surface area contributed by atoms with Crippen molar-refractivity contribution in [1.29, 1.82) is 0 Å². The number of hydrogen-bond donors (Lipinski definition) is 0. The summed E-state index contributed by atoms with van der Waals surface area (Å²) in [4.78, 5) is 28.9. The number of hydrogen-bond acceptors (Lipinski definition) is 5.